The van der Waals surface area contributed by atoms with Gasteiger partial charge in [-0.15, -0.1) is 0 Å². The van der Waals surface area contributed by atoms with E-state index in [-0.39, 0.29) is 17.9 Å². The van der Waals surface area contributed by atoms with Crippen molar-refractivity contribution in [3.63, 3.8) is 0 Å². The molecule has 1 aliphatic rings. The Hall–Kier alpha value is -1.10. The van der Waals surface area contributed by atoms with Gasteiger partial charge in [-0.2, -0.15) is 0 Å². The summed E-state index contributed by atoms with van der Waals surface area (Å²) in [6.07, 6.45) is 2.66. The number of aliphatic carboxylic acids is 1. The molecule has 0 aromatic carbocycles. The van der Waals surface area contributed by atoms with Crippen LogP contribution in [-0.2, 0) is 9.59 Å². The standard InChI is InChI=1S/C13H23NO4/c1-13(2,6-7-15)8-14-11(16)9-4-3-5-10(9)12(17)18/h9-10,15H,3-8H2,1-2H3,(H,14,16)(H,17,18)/t9-,10+/m1/s1. The van der Waals surface area contributed by atoms with Crippen LogP contribution in [0.15, 0.2) is 0 Å². The average Bonchev–Trinajstić information content (AvgIpc) is 2.74. The SMILES string of the molecule is CC(C)(CCO)CNC(=O)[C@@H]1CCC[C@@H]1C(=O)O. The summed E-state index contributed by atoms with van der Waals surface area (Å²) in [5, 5.41) is 20.8. The van der Waals surface area contributed by atoms with E-state index in [1.807, 2.05) is 13.8 Å². The van der Waals surface area contributed by atoms with E-state index < -0.39 is 17.8 Å². The Morgan fingerprint density at radius 2 is 1.89 bits per heavy atom. The molecule has 0 unspecified atom stereocenters. The molecular weight excluding hydrogens is 234 g/mol. The molecule has 5 nitrogen and oxygen atoms in total. The van der Waals surface area contributed by atoms with E-state index in [1.54, 1.807) is 0 Å². The summed E-state index contributed by atoms with van der Waals surface area (Å²) in [6, 6.07) is 0. The molecule has 2 atom stereocenters. The predicted octanol–water partition coefficient (Wildman–Crippen LogP) is 1.01. The zero-order valence-corrected chi connectivity index (χ0v) is 11.1. The molecule has 3 N–H and O–H groups in total. The minimum Gasteiger partial charge on any atom is -0.481 e. The van der Waals surface area contributed by atoms with Gasteiger partial charge in [0.2, 0.25) is 5.91 Å². The van der Waals surface area contributed by atoms with Gasteiger partial charge in [0, 0.05) is 13.2 Å². The number of amides is 1. The van der Waals surface area contributed by atoms with Gasteiger partial charge in [0.1, 0.15) is 0 Å². The van der Waals surface area contributed by atoms with Crippen LogP contribution in [0, 0.1) is 17.3 Å². The van der Waals surface area contributed by atoms with Gasteiger partial charge >= 0.3 is 5.97 Å². The van der Waals surface area contributed by atoms with Crippen molar-refractivity contribution in [2.45, 2.75) is 39.5 Å². The number of carbonyl (C=O) groups is 2. The van der Waals surface area contributed by atoms with Gasteiger partial charge < -0.3 is 15.5 Å². The second kappa shape index (κ2) is 6.18. The van der Waals surface area contributed by atoms with E-state index in [0.29, 0.717) is 25.8 Å². The lowest BCUT2D eigenvalue weighted by molar-refractivity contribution is -0.146. The van der Waals surface area contributed by atoms with Crippen molar-refractivity contribution in [3.8, 4) is 0 Å². The fraction of sp³-hybridized carbons (Fsp3) is 0.846. The highest BCUT2D eigenvalue weighted by molar-refractivity contribution is 5.85. The first-order valence-corrected chi connectivity index (χ1v) is 6.49. The Morgan fingerprint density at radius 3 is 2.44 bits per heavy atom. The average molecular weight is 257 g/mol. The second-order valence-corrected chi connectivity index (χ2v) is 5.84. The van der Waals surface area contributed by atoms with Crippen LogP contribution in [0.25, 0.3) is 0 Å². The van der Waals surface area contributed by atoms with Crippen molar-refractivity contribution in [2.75, 3.05) is 13.2 Å². The molecule has 1 amide bonds. The maximum atomic E-state index is 12.0. The number of carboxylic acids is 1. The number of rotatable bonds is 6. The van der Waals surface area contributed by atoms with Crippen molar-refractivity contribution in [3.05, 3.63) is 0 Å². The Balaban J connectivity index is 2.48. The summed E-state index contributed by atoms with van der Waals surface area (Å²) in [4.78, 5) is 23.0. The van der Waals surface area contributed by atoms with Crippen LogP contribution in [0.2, 0.25) is 0 Å². The monoisotopic (exact) mass is 257 g/mol. The van der Waals surface area contributed by atoms with Crippen molar-refractivity contribution in [2.24, 2.45) is 17.3 Å². The second-order valence-electron chi connectivity index (χ2n) is 5.84. The van der Waals surface area contributed by atoms with Crippen molar-refractivity contribution >= 4 is 11.9 Å². The largest absolute Gasteiger partial charge is 0.481 e. The maximum Gasteiger partial charge on any atom is 0.307 e. The highest BCUT2D eigenvalue weighted by atomic mass is 16.4. The highest BCUT2D eigenvalue weighted by Gasteiger charge is 2.37. The predicted molar refractivity (Wildman–Crippen MR) is 67.0 cm³/mol. The molecule has 1 saturated carbocycles. The Bertz CT molecular complexity index is 314. The third-order valence-electron chi connectivity index (χ3n) is 3.70. The fourth-order valence-corrected chi connectivity index (χ4v) is 2.42. The molecule has 1 rings (SSSR count). The molecule has 5 heteroatoms. The molecule has 0 bridgehead atoms. The van der Waals surface area contributed by atoms with Gasteiger partial charge in [-0.25, -0.2) is 0 Å². The molecule has 0 radical (unpaired) electrons. The summed E-state index contributed by atoms with van der Waals surface area (Å²) < 4.78 is 0. The summed E-state index contributed by atoms with van der Waals surface area (Å²) in [5.74, 6) is -1.97. The van der Waals surface area contributed by atoms with E-state index >= 15 is 0 Å². The van der Waals surface area contributed by atoms with E-state index in [0.717, 1.165) is 6.42 Å². The van der Waals surface area contributed by atoms with E-state index in [9.17, 15) is 9.59 Å². The van der Waals surface area contributed by atoms with Gasteiger partial charge in [-0.3, -0.25) is 9.59 Å². The summed E-state index contributed by atoms with van der Waals surface area (Å²) in [5.41, 5.74) is -0.165. The molecule has 18 heavy (non-hydrogen) atoms. The van der Waals surface area contributed by atoms with Crippen molar-refractivity contribution < 1.29 is 19.8 Å². The molecular formula is C13H23NO4. The van der Waals surface area contributed by atoms with E-state index in [1.165, 1.54) is 0 Å². The van der Waals surface area contributed by atoms with Crippen LogP contribution in [0.1, 0.15) is 39.5 Å². The van der Waals surface area contributed by atoms with Crippen molar-refractivity contribution in [1.82, 2.24) is 5.32 Å². The maximum absolute atomic E-state index is 12.0. The van der Waals surface area contributed by atoms with Gasteiger partial charge in [-0.1, -0.05) is 20.3 Å². The van der Waals surface area contributed by atoms with Crippen LogP contribution >= 0.6 is 0 Å². The molecule has 0 heterocycles. The molecule has 0 saturated heterocycles. The highest BCUT2D eigenvalue weighted by Crippen LogP contribution is 2.32. The summed E-state index contributed by atoms with van der Waals surface area (Å²) >= 11 is 0. The smallest absolute Gasteiger partial charge is 0.307 e. The normalized spacial score (nSPS) is 23.9. The molecule has 0 aromatic rings. The first-order chi connectivity index (χ1) is 8.37. The van der Waals surface area contributed by atoms with Crippen LogP contribution in [-0.4, -0.2) is 35.2 Å². The van der Waals surface area contributed by atoms with Crippen LogP contribution in [0.5, 0.6) is 0 Å². The number of nitrogens with one attached hydrogen (secondary N) is 1. The molecule has 0 spiro atoms. The fourth-order valence-electron chi connectivity index (χ4n) is 2.42. The Kier molecular flexibility index (Phi) is 5.14. The zero-order valence-electron chi connectivity index (χ0n) is 11.1. The molecule has 0 aliphatic heterocycles. The zero-order chi connectivity index (χ0) is 13.8. The number of hydrogen-bond donors (Lipinski definition) is 3. The molecule has 104 valence electrons. The quantitative estimate of drug-likeness (QED) is 0.663. The number of hydrogen-bond acceptors (Lipinski definition) is 3. The number of carbonyl (C=O) groups excluding carboxylic acids is 1. The van der Waals surface area contributed by atoms with E-state index in [2.05, 4.69) is 5.32 Å². The lowest BCUT2D eigenvalue weighted by Gasteiger charge is -2.25. The lowest BCUT2D eigenvalue weighted by atomic mass is 9.89. The molecule has 1 fully saturated rings. The summed E-state index contributed by atoms with van der Waals surface area (Å²) in [7, 11) is 0. The number of carboxylic acid groups (broad SMARTS) is 1. The third-order valence-corrected chi connectivity index (χ3v) is 3.70. The van der Waals surface area contributed by atoms with Gasteiger partial charge in [-0.05, 0) is 24.7 Å². The third kappa shape index (κ3) is 3.98. The topological polar surface area (TPSA) is 86.6 Å². The Labute approximate surface area is 108 Å². The van der Waals surface area contributed by atoms with Gasteiger partial charge in [0.15, 0.2) is 0 Å². The minimum absolute atomic E-state index is 0.0874. The van der Waals surface area contributed by atoms with Crippen LogP contribution in [0.3, 0.4) is 0 Å². The molecule has 0 aromatic heterocycles. The minimum atomic E-state index is -0.873. The lowest BCUT2D eigenvalue weighted by Crippen LogP contribution is -2.40. The van der Waals surface area contributed by atoms with E-state index in [4.69, 9.17) is 10.2 Å². The van der Waals surface area contributed by atoms with Crippen LogP contribution < -0.4 is 5.32 Å². The number of aliphatic hydroxyl groups is 1. The van der Waals surface area contributed by atoms with Gasteiger partial charge in [0.25, 0.3) is 0 Å². The van der Waals surface area contributed by atoms with Crippen molar-refractivity contribution in [1.29, 1.82) is 0 Å². The first kappa shape index (κ1) is 15.0. The Morgan fingerprint density at radius 1 is 1.28 bits per heavy atom. The summed E-state index contributed by atoms with van der Waals surface area (Å²) in [6.45, 7) is 4.49. The first-order valence-electron chi connectivity index (χ1n) is 6.49. The van der Waals surface area contributed by atoms with Gasteiger partial charge in [0.05, 0.1) is 11.8 Å². The van der Waals surface area contributed by atoms with Crippen LogP contribution in [0.4, 0.5) is 0 Å². The molecule has 1 aliphatic carbocycles. The number of aliphatic hydroxyl groups excluding tert-OH is 1.